The summed E-state index contributed by atoms with van der Waals surface area (Å²) < 4.78 is 0. The van der Waals surface area contributed by atoms with Crippen LogP contribution in [0.3, 0.4) is 0 Å². The molecular weight excluding hydrogens is 508 g/mol. The third kappa shape index (κ3) is 5.55. The summed E-state index contributed by atoms with van der Waals surface area (Å²) >= 11 is 7.67. The normalized spacial score (nSPS) is 15.1. The molecule has 7 nitrogen and oxygen atoms in total. The maximum Gasteiger partial charge on any atom is 0.256 e. The lowest BCUT2D eigenvalue weighted by molar-refractivity contribution is -0.120. The van der Waals surface area contributed by atoms with E-state index in [9.17, 15) is 14.4 Å². The SMILES string of the molecule is Cc1ccc(NC(=O)c2ccc(CN3C(=O)c4ccc(Cl)cc4NC(=O)[C@H]3Cc3ccsc3)cc2)nc1. The number of thiophene rings is 1. The molecule has 186 valence electrons. The minimum absolute atomic E-state index is 0.199. The van der Waals surface area contributed by atoms with Crippen LogP contribution < -0.4 is 10.6 Å². The summed E-state index contributed by atoms with van der Waals surface area (Å²) in [4.78, 5) is 45.4. The monoisotopic (exact) mass is 530 g/mol. The van der Waals surface area contributed by atoms with Crippen molar-refractivity contribution < 1.29 is 14.4 Å². The standard InChI is InChI=1S/C28H23ClN4O3S/c1-17-2-9-25(30-14-17)32-26(34)20-5-3-18(4-6-20)15-33-24(12-19-10-11-37-16-19)27(35)31-23-13-21(29)7-8-22(23)28(33)36/h2-11,13-14,16,24H,12,15H2,1H3,(H,31,35)(H,30,32,34)/t24-/m1/s1. The zero-order valence-electron chi connectivity index (χ0n) is 19.9. The number of hydrogen-bond acceptors (Lipinski definition) is 5. The minimum atomic E-state index is -0.719. The molecule has 0 spiro atoms. The van der Waals surface area contributed by atoms with Gasteiger partial charge in [0, 0.05) is 29.7 Å². The Bertz CT molecular complexity index is 1450. The van der Waals surface area contributed by atoms with E-state index in [0.29, 0.717) is 34.1 Å². The number of pyridine rings is 1. The molecule has 9 heteroatoms. The molecule has 2 N–H and O–H groups in total. The number of anilines is 2. The van der Waals surface area contributed by atoms with Gasteiger partial charge in [-0.05, 0) is 76.8 Å². The number of rotatable bonds is 6. The van der Waals surface area contributed by atoms with Crippen LogP contribution in [0, 0.1) is 6.92 Å². The number of aryl methyl sites for hydroxylation is 1. The zero-order chi connectivity index (χ0) is 25.9. The van der Waals surface area contributed by atoms with Gasteiger partial charge in [-0.2, -0.15) is 11.3 Å². The molecule has 0 fully saturated rings. The Morgan fingerprint density at radius 1 is 1.08 bits per heavy atom. The Kier molecular flexibility index (Phi) is 7.03. The molecule has 2 aromatic carbocycles. The van der Waals surface area contributed by atoms with E-state index >= 15 is 0 Å². The lowest BCUT2D eigenvalue weighted by Crippen LogP contribution is -2.46. The number of halogens is 1. The molecule has 1 atom stereocenters. The van der Waals surface area contributed by atoms with Gasteiger partial charge in [0.05, 0.1) is 11.3 Å². The molecule has 2 aromatic heterocycles. The predicted octanol–water partition coefficient (Wildman–Crippen LogP) is 5.56. The first-order valence-corrected chi connectivity index (χ1v) is 12.9. The fraction of sp³-hybridized carbons (Fsp3) is 0.143. The third-order valence-corrected chi connectivity index (χ3v) is 7.11. The van der Waals surface area contributed by atoms with Crippen LogP contribution in [0.2, 0.25) is 5.02 Å². The highest BCUT2D eigenvalue weighted by Crippen LogP contribution is 2.29. The molecule has 0 bridgehead atoms. The van der Waals surface area contributed by atoms with E-state index in [0.717, 1.165) is 16.7 Å². The molecule has 0 saturated heterocycles. The molecule has 1 aliphatic rings. The number of aromatic nitrogens is 1. The van der Waals surface area contributed by atoms with Crippen molar-refractivity contribution in [2.24, 2.45) is 0 Å². The summed E-state index contributed by atoms with van der Waals surface area (Å²) in [7, 11) is 0. The van der Waals surface area contributed by atoms with E-state index in [4.69, 9.17) is 11.6 Å². The molecule has 37 heavy (non-hydrogen) atoms. The average Bonchev–Trinajstić information content (AvgIpc) is 3.38. The smallest absolute Gasteiger partial charge is 0.256 e. The van der Waals surface area contributed by atoms with Crippen LogP contribution in [0.15, 0.2) is 77.6 Å². The second kappa shape index (κ2) is 10.5. The van der Waals surface area contributed by atoms with Crippen LogP contribution in [-0.2, 0) is 17.8 Å². The largest absolute Gasteiger partial charge is 0.323 e. The van der Waals surface area contributed by atoms with E-state index < -0.39 is 6.04 Å². The predicted molar refractivity (Wildman–Crippen MR) is 145 cm³/mol. The van der Waals surface area contributed by atoms with Crippen LogP contribution in [0.4, 0.5) is 11.5 Å². The fourth-order valence-electron chi connectivity index (χ4n) is 4.17. The quantitative estimate of drug-likeness (QED) is 0.341. The van der Waals surface area contributed by atoms with Crippen molar-refractivity contribution in [2.45, 2.75) is 25.9 Å². The van der Waals surface area contributed by atoms with Gasteiger partial charge >= 0.3 is 0 Å². The number of hydrogen-bond donors (Lipinski definition) is 2. The first-order chi connectivity index (χ1) is 17.9. The molecule has 0 radical (unpaired) electrons. The molecule has 3 heterocycles. The summed E-state index contributed by atoms with van der Waals surface area (Å²) in [6.07, 6.45) is 2.07. The van der Waals surface area contributed by atoms with Crippen LogP contribution in [0.5, 0.6) is 0 Å². The molecule has 1 aliphatic heterocycles. The number of amides is 3. The van der Waals surface area contributed by atoms with Gasteiger partial charge < -0.3 is 15.5 Å². The van der Waals surface area contributed by atoms with Gasteiger partial charge in [-0.1, -0.05) is 29.8 Å². The molecule has 0 saturated carbocycles. The zero-order valence-corrected chi connectivity index (χ0v) is 21.5. The second-order valence-corrected chi connectivity index (χ2v) is 10.1. The number of carbonyl (C=O) groups is 3. The van der Waals surface area contributed by atoms with Crippen molar-refractivity contribution in [1.29, 1.82) is 0 Å². The Balaban J connectivity index is 1.40. The van der Waals surface area contributed by atoms with E-state index in [1.54, 1.807) is 71.0 Å². The van der Waals surface area contributed by atoms with E-state index in [1.807, 2.05) is 29.8 Å². The average molecular weight is 531 g/mol. The first-order valence-electron chi connectivity index (χ1n) is 11.6. The van der Waals surface area contributed by atoms with Crippen LogP contribution in [-0.4, -0.2) is 33.6 Å². The van der Waals surface area contributed by atoms with Crippen molar-refractivity contribution in [3.63, 3.8) is 0 Å². The van der Waals surface area contributed by atoms with Crippen molar-refractivity contribution in [1.82, 2.24) is 9.88 Å². The summed E-state index contributed by atoms with van der Waals surface area (Å²) in [5.74, 6) is -0.357. The first kappa shape index (κ1) is 24.7. The highest BCUT2D eigenvalue weighted by molar-refractivity contribution is 7.07. The van der Waals surface area contributed by atoms with Gasteiger partial charge in [0.15, 0.2) is 0 Å². The number of nitrogens with one attached hydrogen (secondary N) is 2. The highest BCUT2D eigenvalue weighted by Gasteiger charge is 2.35. The summed E-state index contributed by atoms with van der Waals surface area (Å²) in [5, 5.41) is 10.0. The molecule has 5 rings (SSSR count). The van der Waals surface area contributed by atoms with E-state index in [2.05, 4.69) is 15.6 Å². The number of fused-ring (bicyclic) bond motifs is 1. The Morgan fingerprint density at radius 2 is 1.89 bits per heavy atom. The number of benzene rings is 2. The summed E-state index contributed by atoms with van der Waals surface area (Å²) in [6, 6.07) is 16.7. The number of nitrogens with zero attached hydrogens (tertiary/aromatic N) is 2. The van der Waals surface area contributed by atoms with Gasteiger partial charge in [-0.15, -0.1) is 0 Å². The Labute approximate surface area is 223 Å². The summed E-state index contributed by atoms with van der Waals surface area (Å²) in [5.41, 5.74) is 4.01. The lowest BCUT2D eigenvalue weighted by Gasteiger charge is -2.29. The van der Waals surface area contributed by atoms with Crippen molar-refractivity contribution in [3.05, 3.63) is 110 Å². The molecule has 0 aliphatic carbocycles. The van der Waals surface area contributed by atoms with Gasteiger partial charge in [-0.3, -0.25) is 14.4 Å². The maximum absolute atomic E-state index is 13.7. The van der Waals surface area contributed by atoms with E-state index in [1.165, 1.54) is 0 Å². The van der Waals surface area contributed by atoms with Crippen LogP contribution in [0.1, 0.15) is 37.4 Å². The van der Waals surface area contributed by atoms with Gasteiger partial charge in [-0.25, -0.2) is 4.98 Å². The molecule has 4 aromatic rings. The van der Waals surface area contributed by atoms with Crippen LogP contribution >= 0.6 is 22.9 Å². The third-order valence-electron chi connectivity index (χ3n) is 6.14. The summed E-state index contributed by atoms with van der Waals surface area (Å²) in [6.45, 7) is 2.12. The molecule has 3 amide bonds. The van der Waals surface area contributed by atoms with Gasteiger partial charge in [0.25, 0.3) is 11.8 Å². The second-order valence-electron chi connectivity index (χ2n) is 8.84. The highest BCUT2D eigenvalue weighted by atomic mass is 35.5. The minimum Gasteiger partial charge on any atom is -0.323 e. The maximum atomic E-state index is 13.7. The lowest BCUT2D eigenvalue weighted by atomic mass is 10.0. The Morgan fingerprint density at radius 3 is 2.59 bits per heavy atom. The fourth-order valence-corrected chi connectivity index (χ4v) is 5.02. The van der Waals surface area contributed by atoms with Crippen molar-refractivity contribution >= 4 is 52.2 Å². The van der Waals surface area contributed by atoms with Crippen LogP contribution in [0.25, 0.3) is 0 Å². The Hall–Kier alpha value is -4.01. The van der Waals surface area contributed by atoms with Crippen molar-refractivity contribution in [3.8, 4) is 0 Å². The molecular formula is C28H23ClN4O3S. The van der Waals surface area contributed by atoms with Crippen molar-refractivity contribution in [2.75, 3.05) is 10.6 Å². The van der Waals surface area contributed by atoms with Gasteiger partial charge in [0.1, 0.15) is 11.9 Å². The topological polar surface area (TPSA) is 91.4 Å². The van der Waals surface area contributed by atoms with E-state index in [-0.39, 0.29) is 24.3 Å². The number of carbonyl (C=O) groups excluding carboxylic acids is 3. The molecule has 0 unspecified atom stereocenters. The van der Waals surface area contributed by atoms with Gasteiger partial charge in [0.2, 0.25) is 5.91 Å².